The number of hydrogen-bond acceptors (Lipinski definition) is 4. The van der Waals surface area contributed by atoms with E-state index in [2.05, 4.69) is 16.8 Å². The van der Waals surface area contributed by atoms with Gasteiger partial charge in [0.2, 0.25) is 0 Å². The maximum absolute atomic E-state index is 15.7. The van der Waals surface area contributed by atoms with Crippen LogP contribution in [-0.4, -0.2) is 48.3 Å². The molecule has 4 nitrogen and oxygen atoms in total. The largest absolute Gasteiger partial charge is 0.497 e. The predicted octanol–water partition coefficient (Wildman–Crippen LogP) is 5.89. The van der Waals surface area contributed by atoms with Crippen LogP contribution in [0.5, 0.6) is 5.75 Å². The molecule has 1 aromatic heterocycles. The van der Waals surface area contributed by atoms with Crippen LogP contribution in [-0.2, 0) is 0 Å². The number of nitrogens with zero attached hydrogens (tertiary/aromatic N) is 2. The minimum atomic E-state index is -1.27. The Hall–Kier alpha value is -3.15. The third-order valence-electron chi connectivity index (χ3n) is 7.33. The van der Waals surface area contributed by atoms with E-state index in [4.69, 9.17) is 4.74 Å². The van der Waals surface area contributed by atoms with Crippen LogP contribution >= 0.6 is 0 Å². The molecule has 1 atom stereocenters. The van der Waals surface area contributed by atoms with E-state index in [9.17, 15) is 18.3 Å². The standard InChI is InChI=1S/C29H30F4N2O2/c1-19-17-34-26-6-5-22(37-2)16-23(26)27(19)24(31)7-8-29(18-36)9-12-35(13-10-29)11-3-4-20-14-21(30)15-25(32)28(20)33/h5-6,14-17,24,36H,7-13,18H2,1-2H3/t24-/m1/s1. The van der Waals surface area contributed by atoms with Gasteiger partial charge in [-0.15, -0.1) is 0 Å². The Labute approximate surface area is 214 Å². The third kappa shape index (κ3) is 6.06. The molecule has 2 aromatic carbocycles. The second kappa shape index (κ2) is 11.5. The second-order valence-corrected chi connectivity index (χ2v) is 9.73. The van der Waals surface area contributed by atoms with Crippen molar-refractivity contribution in [1.29, 1.82) is 0 Å². The number of methoxy groups -OCH3 is 1. The number of ether oxygens (including phenoxy) is 1. The number of aryl methyl sites for hydroxylation is 1. The van der Waals surface area contributed by atoms with Gasteiger partial charge in [0, 0.05) is 24.3 Å². The lowest BCUT2D eigenvalue weighted by molar-refractivity contribution is 0.0344. The number of hydrogen-bond donors (Lipinski definition) is 1. The van der Waals surface area contributed by atoms with Crippen molar-refractivity contribution < 1.29 is 27.4 Å². The summed E-state index contributed by atoms with van der Waals surface area (Å²) in [6.45, 7) is 3.35. The first-order valence-corrected chi connectivity index (χ1v) is 12.3. The molecule has 4 rings (SSSR count). The average Bonchev–Trinajstić information content (AvgIpc) is 2.90. The van der Waals surface area contributed by atoms with Crippen molar-refractivity contribution in [3.63, 3.8) is 0 Å². The number of aliphatic hydroxyl groups excluding tert-OH is 1. The van der Waals surface area contributed by atoms with Gasteiger partial charge in [0.05, 0.1) is 24.7 Å². The van der Waals surface area contributed by atoms with Crippen molar-refractivity contribution >= 4 is 10.9 Å². The fourth-order valence-electron chi connectivity index (χ4n) is 4.98. The first kappa shape index (κ1) is 26.9. The van der Waals surface area contributed by atoms with Crippen LogP contribution in [0, 0.1) is 41.6 Å². The van der Waals surface area contributed by atoms with E-state index in [1.54, 1.807) is 19.4 Å². The van der Waals surface area contributed by atoms with Gasteiger partial charge in [-0.25, -0.2) is 17.6 Å². The summed E-state index contributed by atoms with van der Waals surface area (Å²) in [6, 6.07) is 6.78. The lowest BCUT2D eigenvalue weighted by Crippen LogP contribution is -2.42. The summed E-state index contributed by atoms with van der Waals surface area (Å²) >= 11 is 0. The Morgan fingerprint density at radius 2 is 1.92 bits per heavy atom. The number of aliphatic hydroxyl groups is 1. The maximum atomic E-state index is 15.7. The number of benzene rings is 2. The molecule has 1 fully saturated rings. The van der Waals surface area contributed by atoms with E-state index < -0.39 is 29.0 Å². The molecule has 0 spiro atoms. The van der Waals surface area contributed by atoms with Crippen LogP contribution in [0.15, 0.2) is 36.5 Å². The van der Waals surface area contributed by atoms with E-state index >= 15 is 4.39 Å². The van der Waals surface area contributed by atoms with E-state index in [1.165, 1.54) is 0 Å². The van der Waals surface area contributed by atoms with Crippen LogP contribution in [0.25, 0.3) is 10.9 Å². The number of rotatable bonds is 7. The molecule has 0 amide bonds. The average molecular weight is 515 g/mol. The lowest BCUT2D eigenvalue weighted by atomic mass is 9.74. The molecule has 8 heteroatoms. The normalized spacial score (nSPS) is 16.3. The molecule has 1 N–H and O–H groups in total. The van der Waals surface area contributed by atoms with Crippen LogP contribution in [0.1, 0.15) is 48.5 Å². The topological polar surface area (TPSA) is 45.6 Å². The second-order valence-electron chi connectivity index (χ2n) is 9.73. The van der Waals surface area contributed by atoms with Crippen LogP contribution in [0.2, 0.25) is 0 Å². The van der Waals surface area contributed by atoms with Crippen LogP contribution in [0.3, 0.4) is 0 Å². The molecular formula is C29H30F4N2O2. The minimum absolute atomic E-state index is 0.0447. The molecule has 0 bridgehead atoms. The zero-order valence-corrected chi connectivity index (χ0v) is 21.0. The van der Waals surface area contributed by atoms with Gasteiger partial charge in [-0.1, -0.05) is 11.8 Å². The Morgan fingerprint density at radius 1 is 1.16 bits per heavy atom. The summed E-state index contributed by atoms with van der Waals surface area (Å²) in [6.07, 6.45) is 2.57. The summed E-state index contributed by atoms with van der Waals surface area (Å²) < 4.78 is 61.5. The highest BCUT2D eigenvalue weighted by molar-refractivity contribution is 5.84. The number of likely N-dealkylation sites (tertiary alicyclic amines) is 1. The molecule has 3 aromatic rings. The van der Waals surface area contributed by atoms with E-state index in [0.717, 1.165) is 17.0 Å². The molecule has 1 aliphatic heterocycles. The molecule has 0 unspecified atom stereocenters. The number of fused-ring (bicyclic) bond motifs is 1. The summed E-state index contributed by atoms with van der Waals surface area (Å²) in [4.78, 5) is 6.44. The summed E-state index contributed by atoms with van der Waals surface area (Å²) in [5.74, 6) is 2.61. The van der Waals surface area contributed by atoms with Gasteiger partial charge in [0.25, 0.3) is 0 Å². The van der Waals surface area contributed by atoms with E-state index in [-0.39, 0.29) is 18.6 Å². The van der Waals surface area contributed by atoms with Gasteiger partial charge < -0.3 is 9.84 Å². The van der Waals surface area contributed by atoms with Gasteiger partial charge in [0.15, 0.2) is 11.6 Å². The Kier molecular flexibility index (Phi) is 8.35. The smallest absolute Gasteiger partial charge is 0.174 e. The first-order valence-electron chi connectivity index (χ1n) is 12.3. The molecule has 0 saturated carbocycles. The highest BCUT2D eigenvalue weighted by Gasteiger charge is 2.34. The zero-order chi connectivity index (χ0) is 26.6. The van der Waals surface area contributed by atoms with Crippen molar-refractivity contribution in [2.75, 3.05) is 33.4 Å². The van der Waals surface area contributed by atoms with Gasteiger partial charge >= 0.3 is 0 Å². The monoisotopic (exact) mass is 514 g/mol. The van der Waals surface area contributed by atoms with Gasteiger partial charge in [-0.2, -0.15) is 0 Å². The molecule has 196 valence electrons. The van der Waals surface area contributed by atoms with Crippen LogP contribution in [0.4, 0.5) is 17.6 Å². The molecule has 37 heavy (non-hydrogen) atoms. The highest BCUT2D eigenvalue weighted by Crippen LogP contribution is 2.40. The number of pyridine rings is 1. The van der Waals surface area contributed by atoms with Crippen molar-refractivity contribution in [2.45, 2.75) is 38.8 Å². The van der Waals surface area contributed by atoms with Crippen molar-refractivity contribution in [3.05, 3.63) is 70.7 Å². The molecular weight excluding hydrogens is 484 g/mol. The van der Waals surface area contributed by atoms with Gasteiger partial charge in [0.1, 0.15) is 17.7 Å². The summed E-state index contributed by atoms with van der Waals surface area (Å²) in [7, 11) is 1.57. The van der Waals surface area contributed by atoms with E-state index in [0.29, 0.717) is 61.8 Å². The fraction of sp³-hybridized carbons (Fsp3) is 0.414. The van der Waals surface area contributed by atoms with Crippen LogP contribution < -0.4 is 4.74 Å². The SMILES string of the molecule is COc1ccc2ncc(C)c([C@H](F)CCC3(CO)CCN(CC#Cc4cc(F)cc(F)c4F)CC3)c2c1. The maximum Gasteiger partial charge on any atom is 0.174 e. The third-order valence-corrected chi connectivity index (χ3v) is 7.33. The summed E-state index contributed by atoms with van der Waals surface area (Å²) in [5.41, 5.74) is 1.36. The Morgan fingerprint density at radius 3 is 2.62 bits per heavy atom. The Balaban J connectivity index is 1.38. The van der Waals surface area contributed by atoms with Gasteiger partial charge in [-0.05, 0) is 86.5 Å². The van der Waals surface area contributed by atoms with Gasteiger partial charge in [-0.3, -0.25) is 9.88 Å². The Bertz CT molecular complexity index is 1330. The van der Waals surface area contributed by atoms with Crippen molar-refractivity contribution in [2.24, 2.45) is 5.41 Å². The molecule has 1 saturated heterocycles. The lowest BCUT2D eigenvalue weighted by Gasteiger charge is -2.40. The summed E-state index contributed by atoms with van der Waals surface area (Å²) in [5, 5.41) is 10.9. The van der Waals surface area contributed by atoms with Crippen molar-refractivity contribution in [3.8, 4) is 17.6 Å². The predicted molar refractivity (Wildman–Crippen MR) is 135 cm³/mol. The first-order chi connectivity index (χ1) is 17.7. The number of halogens is 4. The fourth-order valence-corrected chi connectivity index (χ4v) is 4.98. The van der Waals surface area contributed by atoms with Crippen molar-refractivity contribution in [1.82, 2.24) is 9.88 Å². The quantitative estimate of drug-likeness (QED) is 0.243. The number of piperidine rings is 1. The highest BCUT2D eigenvalue weighted by atomic mass is 19.2. The number of aromatic nitrogens is 1. The molecule has 2 heterocycles. The molecule has 0 radical (unpaired) electrons. The molecule has 0 aliphatic carbocycles. The number of alkyl halides is 1. The molecule has 1 aliphatic rings. The van der Waals surface area contributed by atoms with E-state index in [1.807, 2.05) is 24.0 Å². The minimum Gasteiger partial charge on any atom is -0.497 e. The zero-order valence-electron chi connectivity index (χ0n) is 21.0.